The molecular weight excluding hydrogens is 362 g/mol. The van der Waals surface area contributed by atoms with Crippen molar-refractivity contribution in [1.82, 2.24) is 34.1 Å². The first-order chi connectivity index (χ1) is 13.2. The Morgan fingerprint density at radius 2 is 1.89 bits per heavy atom. The second kappa shape index (κ2) is 6.14. The normalized spacial score (nSPS) is 12.7. The van der Waals surface area contributed by atoms with Gasteiger partial charge < -0.3 is 4.57 Å². The van der Waals surface area contributed by atoms with E-state index in [0.29, 0.717) is 16.3 Å². The van der Waals surface area contributed by atoms with E-state index in [-0.39, 0.29) is 6.04 Å². The summed E-state index contributed by atoms with van der Waals surface area (Å²) in [5, 5.41) is 5.14. The summed E-state index contributed by atoms with van der Waals surface area (Å²) in [5.74, 6) is 0. The molecule has 0 N–H and O–H groups in total. The number of halogens is 1. The van der Waals surface area contributed by atoms with E-state index in [9.17, 15) is 0 Å². The van der Waals surface area contributed by atoms with Gasteiger partial charge >= 0.3 is 0 Å². The highest BCUT2D eigenvalue weighted by Gasteiger charge is 2.20. The van der Waals surface area contributed by atoms with Crippen LogP contribution >= 0.6 is 11.6 Å². The number of hydrogen-bond acceptors (Lipinski definition) is 5. The van der Waals surface area contributed by atoms with Gasteiger partial charge in [0.25, 0.3) is 0 Å². The molecule has 0 amide bonds. The Bertz CT molecular complexity index is 1260. The van der Waals surface area contributed by atoms with Gasteiger partial charge in [-0.2, -0.15) is 5.10 Å². The first-order valence-electron chi connectivity index (χ1n) is 8.45. The highest BCUT2D eigenvalue weighted by Crippen LogP contribution is 2.31. The van der Waals surface area contributed by atoms with E-state index < -0.39 is 0 Å². The third-order valence-electron chi connectivity index (χ3n) is 4.64. The zero-order valence-electron chi connectivity index (χ0n) is 14.4. The van der Waals surface area contributed by atoms with Gasteiger partial charge in [-0.25, -0.2) is 24.5 Å². The molecule has 5 rings (SSSR count). The fourth-order valence-corrected chi connectivity index (χ4v) is 3.44. The van der Waals surface area contributed by atoms with Crippen LogP contribution in [0.3, 0.4) is 0 Å². The Morgan fingerprint density at radius 3 is 2.74 bits per heavy atom. The monoisotopic (exact) mass is 375 g/mol. The molecule has 0 saturated carbocycles. The summed E-state index contributed by atoms with van der Waals surface area (Å²) in [6, 6.07) is 12.1. The second-order valence-corrected chi connectivity index (χ2v) is 6.57. The highest BCUT2D eigenvalue weighted by atomic mass is 35.5. The molecule has 0 saturated heterocycles. The van der Waals surface area contributed by atoms with Crippen LogP contribution in [0.4, 0.5) is 0 Å². The highest BCUT2D eigenvalue weighted by molar-refractivity contribution is 6.33. The van der Waals surface area contributed by atoms with E-state index in [1.54, 1.807) is 17.0 Å². The lowest BCUT2D eigenvalue weighted by atomic mass is 10.0. The van der Waals surface area contributed by atoms with Crippen molar-refractivity contribution in [3.63, 3.8) is 0 Å². The number of rotatable bonds is 3. The van der Waals surface area contributed by atoms with Crippen molar-refractivity contribution in [2.45, 2.75) is 13.0 Å². The van der Waals surface area contributed by atoms with Gasteiger partial charge in [-0.3, -0.25) is 0 Å². The summed E-state index contributed by atoms with van der Waals surface area (Å²) >= 11 is 6.16. The Kier molecular flexibility index (Phi) is 3.61. The van der Waals surface area contributed by atoms with Crippen molar-refractivity contribution >= 4 is 28.4 Å². The van der Waals surface area contributed by atoms with E-state index in [0.717, 1.165) is 22.5 Å². The van der Waals surface area contributed by atoms with Gasteiger partial charge in [0.05, 0.1) is 18.1 Å². The fraction of sp³-hybridized carbons (Fsp3) is 0.105. The summed E-state index contributed by atoms with van der Waals surface area (Å²) in [7, 11) is 0. The molecule has 1 unspecified atom stereocenters. The van der Waals surface area contributed by atoms with Crippen molar-refractivity contribution in [2.75, 3.05) is 0 Å². The Balaban J connectivity index is 1.74. The minimum Gasteiger partial charge on any atom is -0.308 e. The van der Waals surface area contributed by atoms with Crippen LogP contribution in [-0.2, 0) is 0 Å². The average molecular weight is 376 g/mol. The molecule has 5 aromatic rings. The summed E-state index contributed by atoms with van der Waals surface area (Å²) < 4.78 is 3.76. The Morgan fingerprint density at radius 1 is 1.04 bits per heavy atom. The van der Waals surface area contributed by atoms with Crippen LogP contribution in [0.2, 0.25) is 5.15 Å². The molecule has 4 aromatic heterocycles. The maximum atomic E-state index is 6.16. The molecule has 4 heterocycles. The van der Waals surface area contributed by atoms with E-state index in [1.807, 2.05) is 41.1 Å². The van der Waals surface area contributed by atoms with Crippen molar-refractivity contribution < 1.29 is 0 Å². The van der Waals surface area contributed by atoms with E-state index in [1.165, 1.54) is 6.33 Å². The van der Waals surface area contributed by atoms with Gasteiger partial charge in [0.15, 0.2) is 16.4 Å². The molecule has 7 nitrogen and oxygen atoms in total. The van der Waals surface area contributed by atoms with Crippen LogP contribution < -0.4 is 0 Å². The summed E-state index contributed by atoms with van der Waals surface area (Å²) in [6.45, 7) is 2.08. The van der Waals surface area contributed by atoms with Gasteiger partial charge in [0.2, 0.25) is 0 Å². The average Bonchev–Trinajstić information content (AvgIpc) is 3.34. The molecule has 0 fully saturated rings. The molecule has 0 spiro atoms. The molecule has 132 valence electrons. The van der Waals surface area contributed by atoms with Crippen LogP contribution in [-0.4, -0.2) is 34.1 Å². The predicted molar refractivity (Wildman–Crippen MR) is 103 cm³/mol. The Hall–Kier alpha value is -3.32. The number of fused-ring (bicyclic) bond motifs is 2. The zero-order chi connectivity index (χ0) is 18.4. The lowest BCUT2D eigenvalue weighted by Crippen LogP contribution is -2.10. The smallest absolute Gasteiger partial charge is 0.165 e. The molecule has 0 aliphatic carbocycles. The molecule has 0 bridgehead atoms. The number of benzene rings is 1. The van der Waals surface area contributed by atoms with Crippen LogP contribution in [0, 0.1) is 0 Å². The lowest BCUT2D eigenvalue weighted by Gasteiger charge is -2.18. The van der Waals surface area contributed by atoms with Gasteiger partial charge in [0, 0.05) is 23.5 Å². The van der Waals surface area contributed by atoms with Gasteiger partial charge in [-0.05, 0) is 13.0 Å². The van der Waals surface area contributed by atoms with Crippen molar-refractivity contribution in [2.24, 2.45) is 0 Å². The minimum atomic E-state index is -0.0784. The molecular formula is C19H14ClN7. The van der Waals surface area contributed by atoms with Gasteiger partial charge in [0.1, 0.15) is 11.8 Å². The summed E-state index contributed by atoms with van der Waals surface area (Å²) in [4.78, 5) is 17.1. The first-order valence-corrected chi connectivity index (χ1v) is 8.83. The predicted octanol–water partition coefficient (Wildman–Crippen LogP) is 3.80. The molecule has 0 aliphatic heterocycles. The molecule has 27 heavy (non-hydrogen) atoms. The van der Waals surface area contributed by atoms with Gasteiger partial charge in [-0.15, -0.1) is 0 Å². The first kappa shape index (κ1) is 15.9. The largest absolute Gasteiger partial charge is 0.308 e. The number of imidazole rings is 2. The van der Waals surface area contributed by atoms with E-state index in [2.05, 4.69) is 32.9 Å². The maximum absolute atomic E-state index is 6.16. The van der Waals surface area contributed by atoms with Crippen molar-refractivity contribution in [1.29, 1.82) is 0 Å². The summed E-state index contributed by atoms with van der Waals surface area (Å²) in [6.07, 6.45) is 6.77. The van der Waals surface area contributed by atoms with Crippen LogP contribution in [0.15, 0.2) is 61.4 Å². The minimum absolute atomic E-state index is 0.0784. The molecule has 0 aliphatic rings. The molecule has 8 heteroatoms. The second-order valence-electron chi connectivity index (χ2n) is 6.21. The van der Waals surface area contributed by atoms with E-state index >= 15 is 0 Å². The fourth-order valence-electron chi connectivity index (χ4n) is 3.26. The van der Waals surface area contributed by atoms with Crippen molar-refractivity contribution in [3.8, 4) is 11.3 Å². The third-order valence-corrected chi connectivity index (χ3v) is 4.92. The topological polar surface area (TPSA) is 73.8 Å². The summed E-state index contributed by atoms with van der Waals surface area (Å²) in [5.41, 5.74) is 5.00. The number of hydrogen-bond donors (Lipinski definition) is 0. The van der Waals surface area contributed by atoms with Crippen LogP contribution in [0.5, 0.6) is 0 Å². The van der Waals surface area contributed by atoms with Crippen LogP contribution in [0.25, 0.3) is 28.1 Å². The van der Waals surface area contributed by atoms with Gasteiger partial charge in [-0.1, -0.05) is 41.9 Å². The lowest BCUT2D eigenvalue weighted by molar-refractivity contribution is 0.648. The molecule has 1 aromatic carbocycles. The number of aromatic nitrogens is 7. The Labute approximate surface area is 159 Å². The van der Waals surface area contributed by atoms with Crippen LogP contribution in [0.1, 0.15) is 18.5 Å². The third kappa shape index (κ3) is 2.55. The quantitative estimate of drug-likeness (QED) is 0.448. The standard InChI is InChI=1S/C19H14ClN7/c1-12(26-11-24-17-18(20)22-10-23-19(17)26)14-9-15-21-7-8-27(15)25-16(14)13-5-3-2-4-6-13/h2-12H,1H3. The molecule has 0 radical (unpaired) electrons. The van der Waals surface area contributed by atoms with E-state index in [4.69, 9.17) is 16.7 Å². The number of nitrogens with zero attached hydrogens (tertiary/aromatic N) is 7. The zero-order valence-corrected chi connectivity index (χ0v) is 15.1. The van der Waals surface area contributed by atoms with Crippen molar-refractivity contribution in [3.05, 3.63) is 72.2 Å². The molecule has 1 atom stereocenters. The SMILES string of the molecule is CC(c1cc2nccn2nc1-c1ccccc1)n1cnc2c(Cl)ncnc21. The maximum Gasteiger partial charge on any atom is 0.165 e.